The van der Waals surface area contributed by atoms with Crippen molar-refractivity contribution in [2.75, 3.05) is 6.54 Å². The first-order chi connectivity index (χ1) is 17.2. The summed E-state index contributed by atoms with van der Waals surface area (Å²) >= 11 is 0. The second kappa shape index (κ2) is 10.7. The Bertz CT molecular complexity index is 1130. The number of nitrogens with two attached hydrogens (primary N) is 1. The summed E-state index contributed by atoms with van der Waals surface area (Å²) in [5.74, 6) is -0.555. The minimum absolute atomic E-state index is 0.127. The van der Waals surface area contributed by atoms with Gasteiger partial charge >= 0.3 is 6.09 Å². The van der Waals surface area contributed by atoms with E-state index in [2.05, 4.69) is 45.0 Å². The second-order valence-electron chi connectivity index (χ2n) is 10.2. The number of carbonyl (C=O) groups is 2. The summed E-state index contributed by atoms with van der Waals surface area (Å²) in [7, 11) is -2.85. The highest BCUT2D eigenvalue weighted by molar-refractivity contribution is 6.99. The van der Waals surface area contributed by atoms with E-state index in [1.54, 1.807) is 0 Å². The molecule has 0 bridgehead atoms. The van der Waals surface area contributed by atoms with Crippen molar-refractivity contribution in [3.8, 4) is 0 Å². The number of hydrogen-bond acceptors (Lipinski definition) is 4. The molecule has 1 saturated heterocycles. The summed E-state index contributed by atoms with van der Waals surface area (Å²) in [5.41, 5.74) is 6.61. The molecule has 0 unspecified atom stereocenters. The van der Waals surface area contributed by atoms with Gasteiger partial charge in [0.2, 0.25) is 5.91 Å². The Morgan fingerprint density at radius 3 is 1.86 bits per heavy atom. The second-order valence-corrected chi connectivity index (χ2v) is 14.5. The van der Waals surface area contributed by atoms with Gasteiger partial charge < -0.3 is 14.9 Å². The van der Waals surface area contributed by atoms with Gasteiger partial charge in [0.15, 0.2) is 0 Å². The molecule has 1 heterocycles. The maximum absolute atomic E-state index is 13.0. The number of primary amides is 1. The van der Waals surface area contributed by atoms with Gasteiger partial charge in [-0.2, -0.15) is 0 Å². The zero-order valence-electron chi connectivity index (χ0n) is 21.1. The van der Waals surface area contributed by atoms with Crippen LogP contribution in [0.4, 0.5) is 4.79 Å². The van der Waals surface area contributed by atoms with Gasteiger partial charge in [0.25, 0.3) is 8.32 Å². The summed E-state index contributed by atoms with van der Waals surface area (Å²) in [4.78, 5) is 26.8. The molecule has 3 aromatic rings. The molecular formula is C29H34N2O4Si. The van der Waals surface area contributed by atoms with Gasteiger partial charge in [-0.25, -0.2) is 4.79 Å². The van der Waals surface area contributed by atoms with Crippen LogP contribution in [0.25, 0.3) is 0 Å². The summed E-state index contributed by atoms with van der Waals surface area (Å²) in [6.45, 7) is 6.97. The van der Waals surface area contributed by atoms with Crippen molar-refractivity contribution in [1.29, 1.82) is 0 Å². The number of hydrogen-bond donors (Lipinski definition) is 1. The van der Waals surface area contributed by atoms with Crippen LogP contribution in [0.3, 0.4) is 0 Å². The fraction of sp³-hybridized carbons (Fsp3) is 0.310. The first kappa shape index (κ1) is 25.7. The summed E-state index contributed by atoms with van der Waals surface area (Å²) in [6.07, 6.45) is -0.588. The van der Waals surface area contributed by atoms with Gasteiger partial charge in [0.1, 0.15) is 12.6 Å². The van der Waals surface area contributed by atoms with E-state index in [-0.39, 0.29) is 24.3 Å². The van der Waals surface area contributed by atoms with Gasteiger partial charge in [-0.1, -0.05) is 112 Å². The Morgan fingerprint density at radius 2 is 1.39 bits per heavy atom. The summed E-state index contributed by atoms with van der Waals surface area (Å²) in [6, 6.07) is 29.3. The number of amides is 2. The Kier molecular flexibility index (Phi) is 7.61. The number of carbonyl (C=O) groups excluding carboxylic acids is 2. The molecule has 0 aromatic heterocycles. The SMILES string of the molecule is CC(C)(C)[Si](O[C@@H]1C[C@H](C(N)=O)N(C(=O)OCc2ccccc2)C1)(c1ccccc1)c1ccccc1. The molecule has 1 fully saturated rings. The molecule has 0 radical (unpaired) electrons. The standard InChI is InChI=1S/C29H34N2O4Si/c1-29(2,3)36(24-15-9-5-10-16-24,25-17-11-6-12-18-25)35-23-19-26(27(30)32)31(20-23)28(33)34-21-22-13-7-4-8-14-22/h4-18,23,26H,19-21H2,1-3H3,(H2,30,32)/t23-,26-/m1/s1. The molecule has 6 nitrogen and oxygen atoms in total. The number of benzene rings is 3. The van der Waals surface area contributed by atoms with Crippen LogP contribution in [-0.2, 0) is 20.6 Å². The predicted octanol–water partition coefficient (Wildman–Crippen LogP) is 3.83. The first-order valence-electron chi connectivity index (χ1n) is 12.3. The highest BCUT2D eigenvalue weighted by Gasteiger charge is 2.53. The van der Waals surface area contributed by atoms with Crippen LogP contribution in [0.1, 0.15) is 32.8 Å². The maximum Gasteiger partial charge on any atom is 0.410 e. The molecule has 1 aliphatic heterocycles. The Hall–Kier alpha value is -3.42. The van der Waals surface area contributed by atoms with E-state index in [0.29, 0.717) is 6.42 Å². The lowest BCUT2D eigenvalue weighted by Crippen LogP contribution is -2.67. The molecular weight excluding hydrogens is 468 g/mol. The molecule has 0 spiro atoms. The van der Waals surface area contributed by atoms with E-state index < -0.39 is 26.4 Å². The van der Waals surface area contributed by atoms with Crippen molar-refractivity contribution < 1.29 is 18.8 Å². The third-order valence-corrected chi connectivity index (χ3v) is 11.9. The van der Waals surface area contributed by atoms with E-state index >= 15 is 0 Å². The number of likely N-dealkylation sites (tertiary alicyclic amines) is 1. The number of ether oxygens (including phenoxy) is 1. The molecule has 3 aromatic carbocycles. The zero-order valence-corrected chi connectivity index (χ0v) is 22.1. The van der Waals surface area contributed by atoms with Gasteiger partial charge in [-0.05, 0) is 21.0 Å². The molecule has 36 heavy (non-hydrogen) atoms. The first-order valence-corrected chi connectivity index (χ1v) is 14.2. The highest BCUT2D eigenvalue weighted by atomic mass is 28.4. The molecule has 7 heteroatoms. The minimum atomic E-state index is -2.85. The van der Waals surface area contributed by atoms with Gasteiger partial charge in [0, 0.05) is 13.0 Å². The van der Waals surface area contributed by atoms with Crippen molar-refractivity contribution >= 4 is 30.7 Å². The van der Waals surface area contributed by atoms with Crippen LogP contribution in [0.2, 0.25) is 5.04 Å². The van der Waals surface area contributed by atoms with Crippen LogP contribution < -0.4 is 16.1 Å². The molecule has 0 aliphatic carbocycles. The van der Waals surface area contributed by atoms with Crippen LogP contribution in [0, 0.1) is 0 Å². The number of rotatable bonds is 7. The van der Waals surface area contributed by atoms with E-state index in [1.165, 1.54) is 4.90 Å². The Labute approximate surface area is 214 Å². The molecule has 0 saturated carbocycles. The molecule has 4 rings (SSSR count). The summed E-state index contributed by atoms with van der Waals surface area (Å²) in [5, 5.41) is 2.06. The monoisotopic (exact) mass is 502 g/mol. The van der Waals surface area contributed by atoms with E-state index in [0.717, 1.165) is 15.9 Å². The summed E-state index contributed by atoms with van der Waals surface area (Å²) < 4.78 is 12.7. The quantitative estimate of drug-likeness (QED) is 0.498. The van der Waals surface area contributed by atoms with Crippen molar-refractivity contribution in [2.45, 2.75) is 51.0 Å². The third-order valence-electron chi connectivity index (χ3n) is 6.79. The number of nitrogens with zero attached hydrogens (tertiary/aromatic N) is 1. The predicted molar refractivity (Wildman–Crippen MR) is 143 cm³/mol. The van der Waals surface area contributed by atoms with Crippen LogP contribution in [0.5, 0.6) is 0 Å². The molecule has 2 atom stereocenters. The lowest BCUT2D eigenvalue weighted by atomic mass is 10.2. The van der Waals surface area contributed by atoms with Crippen molar-refractivity contribution in [2.24, 2.45) is 5.73 Å². The van der Waals surface area contributed by atoms with E-state index in [1.807, 2.05) is 66.7 Å². The van der Waals surface area contributed by atoms with Crippen molar-refractivity contribution in [1.82, 2.24) is 4.90 Å². The van der Waals surface area contributed by atoms with Crippen molar-refractivity contribution in [3.05, 3.63) is 96.6 Å². The average Bonchev–Trinajstić information content (AvgIpc) is 3.31. The topological polar surface area (TPSA) is 81.9 Å². The van der Waals surface area contributed by atoms with Gasteiger partial charge in [0.05, 0.1) is 6.10 Å². The molecule has 2 amide bonds. The molecule has 188 valence electrons. The highest BCUT2D eigenvalue weighted by Crippen LogP contribution is 2.39. The van der Waals surface area contributed by atoms with Gasteiger partial charge in [-0.15, -0.1) is 0 Å². The fourth-order valence-electron chi connectivity index (χ4n) is 5.10. The third kappa shape index (κ3) is 5.22. The van der Waals surface area contributed by atoms with Gasteiger partial charge in [-0.3, -0.25) is 9.69 Å². The average molecular weight is 503 g/mol. The Balaban J connectivity index is 1.64. The fourth-order valence-corrected chi connectivity index (χ4v) is 9.78. The zero-order chi connectivity index (χ0) is 25.8. The van der Waals surface area contributed by atoms with Crippen molar-refractivity contribution in [3.63, 3.8) is 0 Å². The smallest absolute Gasteiger partial charge is 0.410 e. The Morgan fingerprint density at radius 1 is 0.889 bits per heavy atom. The minimum Gasteiger partial charge on any atom is -0.445 e. The van der Waals surface area contributed by atoms with Crippen LogP contribution in [-0.4, -0.2) is 43.9 Å². The largest absolute Gasteiger partial charge is 0.445 e. The maximum atomic E-state index is 13.0. The molecule has 2 N–H and O–H groups in total. The lowest BCUT2D eigenvalue weighted by molar-refractivity contribution is -0.122. The lowest BCUT2D eigenvalue weighted by Gasteiger charge is -2.44. The normalized spacial score (nSPS) is 18.1. The van der Waals surface area contributed by atoms with Crippen LogP contribution >= 0.6 is 0 Å². The molecule has 1 aliphatic rings. The van der Waals surface area contributed by atoms with E-state index in [9.17, 15) is 9.59 Å². The van der Waals surface area contributed by atoms with E-state index in [4.69, 9.17) is 14.9 Å². The van der Waals surface area contributed by atoms with Crippen LogP contribution in [0.15, 0.2) is 91.0 Å².